The van der Waals surface area contributed by atoms with E-state index in [-0.39, 0.29) is 0 Å². The predicted molar refractivity (Wildman–Crippen MR) is 141 cm³/mol. The average Bonchev–Trinajstić information content (AvgIpc) is 3.27. The van der Waals surface area contributed by atoms with E-state index in [0.29, 0.717) is 11.8 Å². The highest BCUT2D eigenvalue weighted by Gasteiger charge is 2.18. The number of aromatic nitrogens is 1. The average molecular weight is 439 g/mol. The molecular weight excluding hydrogens is 407 g/mol. The molecule has 1 heterocycles. The van der Waals surface area contributed by atoms with Crippen LogP contribution in [0.25, 0.3) is 0 Å². The molecule has 0 unspecified atom stereocenters. The lowest BCUT2D eigenvalue weighted by Crippen LogP contribution is -2.17. The molecule has 0 saturated heterocycles. The molecule has 2 nitrogen and oxygen atoms in total. The zero-order chi connectivity index (χ0) is 22.5. The van der Waals surface area contributed by atoms with E-state index in [1.807, 2.05) is 6.21 Å². The standard InChI is InChI=1S/C29H31N2P/c1-22(2)27-18-11-19-28(23(3)4)29(27)30-21-24-13-12-20-31(24)32(25-14-7-5-8-15-25)26-16-9-6-10-17-26/h5-23H,1-4H3. The Morgan fingerprint density at radius 1 is 0.656 bits per heavy atom. The van der Waals surface area contributed by atoms with Crippen LogP contribution in [0.2, 0.25) is 0 Å². The van der Waals surface area contributed by atoms with E-state index in [1.165, 1.54) is 21.7 Å². The third-order valence-corrected chi connectivity index (χ3v) is 8.01. The van der Waals surface area contributed by atoms with Gasteiger partial charge in [-0.05, 0) is 35.1 Å². The molecule has 4 aromatic rings. The number of para-hydroxylation sites is 1. The van der Waals surface area contributed by atoms with Gasteiger partial charge >= 0.3 is 0 Å². The Kier molecular flexibility index (Phi) is 7.02. The highest BCUT2D eigenvalue weighted by Crippen LogP contribution is 2.38. The summed E-state index contributed by atoms with van der Waals surface area (Å²) in [6, 6.07) is 32.4. The van der Waals surface area contributed by atoms with E-state index in [2.05, 4.69) is 129 Å². The molecule has 0 aliphatic heterocycles. The second-order valence-corrected chi connectivity index (χ2v) is 10.7. The van der Waals surface area contributed by atoms with Gasteiger partial charge in [-0.25, -0.2) is 0 Å². The molecule has 0 bridgehead atoms. The van der Waals surface area contributed by atoms with Crippen LogP contribution in [0.1, 0.15) is 56.4 Å². The van der Waals surface area contributed by atoms with E-state index in [1.54, 1.807) is 0 Å². The lowest BCUT2D eigenvalue weighted by Gasteiger charge is -2.22. The quantitative estimate of drug-likeness (QED) is 0.212. The van der Waals surface area contributed by atoms with Crippen molar-refractivity contribution in [3.63, 3.8) is 0 Å². The molecule has 0 fully saturated rings. The second-order valence-electron chi connectivity index (χ2n) is 8.61. The Labute approximate surface area is 193 Å². The first-order valence-corrected chi connectivity index (χ1v) is 12.6. The summed E-state index contributed by atoms with van der Waals surface area (Å²) in [5.74, 6) is 0.858. The van der Waals surface area contributed by atoms with Gasteiger partial charge < -0.3 is 4.34 Å². The fourth-order valence-electron chi connectivity index (χ4n) is 4.00. The second kappa shape index (κ2) is 10.1. The van der Waals surface area contributed by atoms with Crippen molar-refractivity contribution in [1.29, 1.82) is 0 Å². The molecular formula is C29H31N2P. The smallest absolute Gasteiger partial charge is 0.0699 e. The van der Waals surface area contributed by atoms with Crippen molar-refractivity contribution >= 4 is 30.6 Å². The normalized spacial score (nSPS) is 11.8. The van der Waals surface area contributed by atoms with Crippen molar-refractivity contribution in [1.82, 2.24) is 4.34 Å². The Balaban J connectivity index is 1.80. The Morgan fingerprint density at radius 2 is 1.19 bits per heavy atom. The summed E-state index contributed by atoms with van der Waals surface area (Å²) in [6.45, 7) is 8.97. The van der Waals surface area contributed by atoms with E-state index in [9.17, 15) is 0 Å². The molecule has 3 aromatic carbocycles. The summed E-state index contributed by atoms with van der Waals surface area (Å²) in [5, 5.41) is 2.65. The van der Waals surface area contributed by atoms with E-state index >= 15 is 0 Å². The van der Waals surface area contributed by atoms with Gasteiger partial charge in [-0.15, -0.1) is 0 Å². The SMILES string of the molecule is CC(C)c1cccc(C(C)C)c1N=Cc1cccn1P(c1ccccc1)c1ccccc1. The number of nitrogens with zero attached hydrogens (tertiary/aromatic N) is 2. The van der Waals surface area contributed by atoms with Crippen LogP contribution in [0.3, 0.4) is 0 Å². The predicted octanol–water partition coefficient (Wildman–Crippen LogP) is 7.38. The summed E-state index contributed by atoms with van der Waals surface area (Å²) in [5.41, 5.74) is 4.85. The van der Waals surface area contributed by atoms with Crippen LogP contribution in [0, 0.1) is 0 Å². The van der Waals surface area contributed by atoms with Gasteiger partial charge in [-0.3, -0.25) is 4.99 Å². The Bertz CT molecular complexity index is 1110. The van der Waals surface area contributed by atoms with Crippen LogP contribution in [0.15, 0.2) is 102 Å². The van der Waals surface area contributed by atoms with Crippen LogP contribution >= 0.6 is 8.07 Å². The molecule has 162 valence electrons. The molecule has 0 aliphatic rings. The van der Waals surface area contributed by atoms with Crippen LogP contribution in [0.5, 0.6) is 0 Å². The molecule has 0 spiro atoms. The van der Waals surface area contributed by atoms with Crippen molar-refractivity contribution in [2.24, 2.45) is 4.99 Å². The van der Waals surface area contributed by atoms with Crippen molar-refractivity contribution < 1.29 is 0 Å². The molecule has 1 aromatic heterocycles. The van der Waals surface area contributed by atoms with Crippen molar-refractivity contribution in [3.8, 4) is 0 Å². The van der Waals surface area contributed by atoms with Crippen molar-refractivity contribution in [2.45, 2.75) is 39.5 Å². The monoisotopic (exact) mass is 438 g/mol. The maximum atomic E-state index is 5.09. The highest BCUT2D eigenvalue weighted by molar-refractivity contribution is 7.71. The van der Waals surface area contributed by atoms with Crippen LogP contribution in [-0.4, -0.2) is 10.6 Å². The first-order valence-electron chi connectivity index (χ1n) is 11.3. The largest absolute Gasteiger partial charge is 0.317 e. The first-order chi connectivity index (χ1) is 15.6. The third kappa shape index (κ3) is 4.76. The molecule has 0 N–H and O–H groups in total. The van der Waals surface area contributed by atoms with E-state index in [4.69, 9.17) is 4.99 Å². The fraction of sp³-hybridized carbons (Fsp3) is 0.207. The molecule has 3 heteroatoms. The third-order valence-electron chi connectivity index (χ3n) is 5.64. The van der Waals surface area contributed by atoms with Crippen molar-refractivity contribution in [3.05, 3.63) is 114 Å². The number of rotatable bonds is 7. The van der Waals surface area contributed by atoms with E-state index in [0.717, 1.165) is 11.4 Å². The fourth-order valence-corrected chi connectivity index (χ4v) is 6.26. The first kappa shape index (κ1) is 22.2. The Hall–Kier alpha value is -2.96. The highest BCUT2D eigenvalue weighted by atomic mass is 31.1. The Morgan fingerprint density at radius 3 is 1.69 bits per heavy atom. The maximum Gasteiger partial charge on any atom is 0.0699 e. The topological polar surface area (TPSA) is 17.3 Å². The lowest BCUT2D eigenvalue weighted by molar-refractivity contribution is 0.835. The summed E-state index contributed by atoms with van der Waals surface area (Å²) < 4.78 is 2.39. The van der Waals surface area contributed by atoms with Gasteiger partial charge in [0.15, 0.2) is 0 Å². The number of benzene rings is 3. The van der Waals surface area contributed by atoms with E-state index < -0.39 is 8.07 Å². The minimum Gasteiger partial charge on any atom is -0.317 e. The van der Waals surface area contributed by atoms with Crippen LogP contribution < -0.4 is 10.6 Å². The molecule has 0 radical (unpaired) electrons. The van der Waals surface area contributed by atoms with Gasteiger partial charge in [0, 0.05) is 16.8 Å². The summed E-state index contributed by atoms with van der Waals surface area (Å²) in [7, 11) is -0.725. The minimum absolute atomic E-state index is 0.429. The summed E-state index contributed by atoms with van der Waals surface area (Å²) in [6.07, 6.45) is 4.24. The molecule has 0 aliphatic carbocycles. The van der Waals surface area contributed by atoms with Gasteiger partial charge in [-0.1, -0.05) is 107 Å². The van der Waals surface area contributed by atoms with Gasteiger partial charge in [-0.2, -0.15) is 0 Å². The summed E-state index contributed by atoms with van der Waals surface area (Å²) >= 11 is 0. The van der Waals surface area contributed by atoms with Crippen LogP contribution in [-0.2, 0) is 0 Å². The van der Waals surface area contributed by atoms with Crippen molar-refractivity contribution in [2.75, 3.05) is 0 Å². The van der Waals surface area contributed by atoms with Gasteiger partial charge in [0.25, 0.3) is 0 Å². The lowest BCUT2D eigenvalue weighted by atomic mass is 9.93. The molecule has 0 saturated carbocycles. The van der Waals surface area contributed by atoms with Gasteiger partial charge in [0.2, 0.25) is 0 Å². The molecule has 0 atom stereocenters. The number of aliphatic imine (C=N–C) groups is 1. The molecule has 32 heavy (non-hydrogen) atoms. The zero-order valence-electron chi connectivity index (χ0n) is 19.3. The van der Waals surface area contributed by atoms with Crippen LogP contribution in [0.4, 0.5) is 5.69 Å². The maximum absolute atomic E-state index is 5.09. The summed E-state index contributed by atoms with van der Waals surface area (Å²) in [4.78, 5) is 5.09. The number of hydrogen-bond donors (Lipinski definition) is 0. The zero-order valence-corrected chi connectivity index (χ0v) is 20.2. The van der Waals surface area contributed by atoms with Gasteiger partial charge in [0.05, 0.1) is 25.7 Å². The van der Waals surface area contributed by atoms with Gasteiger partial charge in [0.1, 0.15) is 0 Å². The number of hydrogen-bond acceptors (Lipinski definition) is 1. The molecule has 0 amide bonds. The molecule has 4 rings (SSSR count). The minimum atomic E-state index is -0.725.